The lowest BCUT2D eigenvalue weighted by molar-refractivity contribution is 0.0954. The maximum Gasteiger partial charge on any atom is 0.251 e. The van der Waals surface area contributed by atoms with Gasteiger partial charge in [-0.2, -0.15) is 0 Å². The molecule has 0 atom stereocenters. The zero-order valence-corrected chi connectivity index (χ0v) is 12.4. The van der Waals surface area contributed by atoms with Crippen molar-refractivity contribution in [1.82, 2.24) is 10.3 Å². The van der Waals surface area contributed by atoms with Gasteiger partial charge in [0.15, 0.2) is 0 Å². The number of hydrogen-bond acceptors (Lipinski definition) is 2. The lowest BCUT2D eigenvalue weighted by Gasteiger charge is -2.06. The van der Waals surface area contributed by atoms with E-state index in [2.05, 4.69) is 26.2 Å². The van der Waals surface area contributed by atoms with E-state index in [4.69, 9.17) is 11.6 Å². The lowest BCUT2D eigenvalue weighted by Crippen LogP contribution is -2.25. The van der Waals surface area contributed by atoms with E-state index in [0.29, 0.717) is 23.6 Å². The average molecular weight is 340 g/mol. The summed E-state index contributed by atoms with van der Waals surface area (Å²) in [6, 6.07) is 10.9. The summed E-state index contributed by atoms with van der Waals surface area (Å²) in [6.07, 6.45) is 2.30. The van der Waals surface area contributed by atoms with Crippen molar-refractivity contribution in [2.45, 2.75) is 6.42 Å². The van der Waals surface area contributed by atoms with Crippen molar-refractivity contribution in [3.05, 3.63) is 63.3 Å². The highest BCUT2D eigenvalue weighted by Crippen LogP contribution is 2.18. The first kappa shape index (κ1) is 14.0. The molecule has 0 aliphatic rings. The summed E-state index contributed by atoms with van der Waals surface area (Å²) in [5, 5.41) is 3.44. The van der Waals surface area contributed by atoms with Crippen LogP contribution in [0, 0.1) is 0 Å². The second-order valence-corrected chi connectivity index (χ2v) is 5.28. The monoisotopic (exact) mass is 338 g/mol. The van der Waals surface area contributed by atoms with Gasteiger partial charge in [-0.15, -0.1) is 0 Å². The molecule has 19 heavy (non-hydrogen) atoms. The fraction of sp³-hybridized carbons (Fsp3) is 0.143. The van der Waals surface area contributed by atoms with E-state index < -0.39 is 0 Å². The van der Waals surface area contributed by atoms with Crippen LogP contribution in [0.4, 0.5) is 0 Å². The molecule has 0 aliphatic carbocycles. The number of nitrogens with one attached hydrogen (secondary N) is 1. The molecule has 0 spiro atoms. The van der Waals surface area contributed by atoms with Crippen LogP contribution in [0.1, 0.15) is 16.1 Å². The first-order chi connectivity index (χ1) is 9.16. The summed E-state index contributed by atoms with van der Waals surface area (Å²) >= 11 is 9.36. The van der Waals surface area contributed by atoms with Crippen LogP contribution in [0.15, 0.2) is 47.1 Å². The van der Waals surface area contributed by atoms with Gasteiger partial charge in [0.25, 0.3) is 5.91 Å². The molecule has 1 aromatic carbocycles. The molecule has 1 N–H and O–H groups in total. The quantitative estimate of drug-likeness (QED) is 0.927. The fourth-order valence-electron chi connectivity index (χ4n) is 1.61. The number of benzene rings is 1. The van der Waals surface area contributed by atoms with Crippen molar-refractivity contribution < 1.29 is 4.79 Å². The predicted molar refractivity (Wildman–Crippen MR) is 79.4 cm³/mol. The topological polar surface area (TPSA) is 42.0 Å². The first-order valence-electron chi connectivity index (χ1n) is 5.80. The molecule has 2 aromatic rings. The highest BCUT2D eigenvalue weighted by atomic mass is 79.9. The normalized spacial score (nSPS) is 10.2. The van der Waals surface area contributed by atoms with Gasteiger partial charge in [0.2, 0.25) is 0 Å². The van der Waals surface area contributed by atoms with E-state index in [-0.39, 0.29) is 5.91 Å². The van der Waals surface area contributed by atoms with Crippen molar-refractivity contribution in [3.63, 3.8) is 0 Å². The molecule has 0 unspecified atom stereocenters. The minimum Gasteiger partial charge on any atom is -0.352 e. The van der Waals surface area contributed by atoms with Crippen LogP contribution in [-0.4, -0.2) is 17.4 Å². The predicted octanol–water partition coefficient (Wildman–Crippen LogP) is 3.47. The number of nitrogens with zero attached hydrogens (tertiary/aromatic N) is 1. The van der Waals surface area contributed by atoms with Crippen molar-refractivity contribution in [2.24, 2.45) is 0 Å². The van der Waals surface area contributed by atoms with Gasteiger partial charge in [-0.25, -0.2) is 0 Å². The Morgan fingerprint density at radius 3 is 2.74 bits per heavy atom. The number of rotatable bonds is 4. The Balaban J connectivity index is 1.88. The second-order valence-electron chi connectivity index (χ2n) is 3.95. The molecular weight excluding hydrogens is 328 g/mol. The molecule has 2 rings (SSSR count). The molecule has 3 nitrogen and oxygen atoms in total. The van der Waals surface area contributed by atoms with Crippen LogP contribution in [0.2, 0.25) is 5.02 Å². The summed E-state index contributed by atoms with van der Waals surface area (Å²) in [5.41, 5.74) is 1.43. The van der Waals surface area contributed by atoms with Gasteiger partial charge in [-0.1, -0.05) is 29.8 Å². The Labute approximate surface area is 125 Å². The molecule has 1 heterocycles. The largest absolute Gasteiger partial charge is 0.352 e. The smallest absolute Gasteiger partial charge is 0.251 e. The lowest BCUT2D eigenvalue weighted by atomic mass is 10.2. The zero-order chi connectivity index (χ0) is 13.7. The number of carbonyl (C=O) groups is 1. The minimum absolute atomic E-state index is 0.0890. The third-order valence-corrected chi connectivity index (χ3v) is 3.33. The number of hydrogen-bond donors (Lipinski definition) is 1. The van der Waals surface area contributed by atoms with Crippen molar-refractivity contribution >= 4 is 33.4 Å². The van der Waals surface area contributed by atoms with Gasteiger partial charge in [-0.3, -0.25) is 9.78 Å². The molecule has 0 bridgehead atoms. The van der Waals surface area contributed by atoms with E-state index in [0.717, 1.165) is 10.2 Å². The number of aromatic nitrogens is 1. The molecule has 1 aromatic heterocycles. The van der Waals surface area contributed by atoms with E-state index in [1.807, 2.05) is 18.2 Å². The van der Waals surface area contributed by atoms with Crippen LogP contribution >= 0.6 is 27.5 Å². The molecule has 98 valence electrons. The van der Waals surface area contributed by atoms with Gasteiger partial charge in [0.1, 0.15) is 0 Å². The summed E-state index contributed by atoms with van der Waals surface area (Å²) in [7, 11) is 0. The van der Waals surface area contributed by atoms with Crippen molar-refractivity contribution in [2.75, 3.05) is 6.54 Å². The summed E-state index contributed by atoms with van der Waals surface area (Å²) in [6.45, 7) is 0.502. The van der Waals surface area contributed by atoms with E-state index >= 15 is 0 Å². The van der Waals surface area contributed by atoms with Crippen LogP contribution in [0.3, 0.4) is 0 Å². The molecule has 0 fully saturated rings. The van der Waals surface area contributed by atoms with Crippen molar-refractivity contribution in [3.8, 4) is 0 Å². The van der Waals surface area contributed by atoms with E-state index in [9.17, 15) is 4.79 Å². The van der Waals surface area contributed by atoms with E-state index in [1.54, 1.807) is 24.4 Å². The van der Waals surface area contributed by atoms with E-state index in [1.165, 1.54) is 0 Å². The fourth-order valence-corrected chi connectivity index (χ4v) is 2.34. The first-order valence-corrected chi connectivity index (χ1v) is 6.97. The number of pyridine rings is 1. The summed E-state index contributed by atoms with van der Waals surface area (Å²) in [4.78, 5) is 16.0. The van der Waals surface area contributed by atoms with Crippen molar-refractivity contribution in [1.29, 1.82) is 0 Å². The SMILES string of the molecule is O=C(NCCc1ncc(Br)cc1Cl)c1ccccc1. The molecule has 0 saturated carbocycles. The molecule has 0 aliphatic heterocycles. The molecule has 1 amide bonds. The Morgan fingerprint density at radius 2 is 2.05 bits per heavy atom. The highest BCUT2D eigenvalue weighted by molar-refractivity contribution is 9.10. The Hall–Kier alpha value is -1.39. The molecule has 0 radical (unpaired) electrons. The Bertz CT molecular complexity index is 575. The van der Waals surface area contributed by atoms with Crippen LogP contribution in [0.5, 0.6) is 0 Å². The standard InChI is InChI=1S/C14H12BrClN2O/c15-11-8-12(16)13(18-9-11)6-7-17-14(19)10-4-2-1-3-5-10/h1-5,8-9H,6-7H2,(H,17,19). The molecule has 5 heteroatoms. The Kier molecular flexibility index (Phi) is 4.93. The Morgan fingerprint density at radius 1 is 1.32 bits per heavy atom. The third kappa shape index (κ3) is 4.04. The maximum atomic E-state index is 11.8. The maximum absolute atomic E-state index is 11.8. The zero-order valence-electron chi connectivity index (χ0n) is 10.1. The summed E-state index contributed by atoms with van der Waals surface area (Å²) < 4.78 is 0.842. The van der Waals surface area contributed by atoms with Gasteiger partial charge in [-0.05, 0) is 34.1 Å². The second kappa shape index (κ2) is 6.68. The van der Waals surface area contributed by atoms with Crippen LogP contribution < -0.4 is 5.32 Å². The minimum atomic E-state index is -0.0890. The van der Waals surface area contributed by atoms with Gasteiger partial charge < -0.3 is 5.32 Å². The summed E-state index contributed by atoms with van der Waals surface area (Å²) in [5.74, 6) is -0.0890. The molecule has 0 saturated heterocycles. The van der Waals surface area contributed by atoms with Crippen LogP contribution in [0.25, 0.3) is 0 Å². The average Bonchev–Trinajstić information content (AvgIpc) is 2.42. The number of carbonyl (C=O) groups excluding carboxylic acids is 1. The van der Waals surface area contributed by atoms with Gasteiger partial charge in [0, 0.05) is 29.2 Å². The van der Waals surface area contributed by atoms with Crippen LogP contribution in [-0.2, 0) is 6.42 Å². The van der Waals surface area contributed by atoms with Gasteiger partial charge in [0.05, 0.1) is 10.7 Å². The molecular formula is C14H12BrClN2O. The third-order valence-electron chi connectivity index (χ3n) is 2.57. The highest BCUT2D eigenvalue weighted by Gasteiger charge is 2.06. The number of amides is 1. The number of halogens is 2. The van der Waals surface area contributed by atoms with Gasteiger partial charge >= 0.3 is 0 Å².